The summed E-state index contributed by atoms with van der Waals surface area (Å²) in [4.78, 5) is 28.1. The third kappa shape index (κ3) is 24.2. The summed E-state index contributed by atoms with van der Waals surface area (Å²) in [5.74, 6) is 0.863. The number of alkyl halides is 3. The van der Waals surface area contributed by atoms with Crippen LogP contribution in [0.15, 0.2) is 32.5 Å². The molecule has 0 amide bonds. The third-order valence-electron chi connectivity index (χ3n) is 12.0. The van der Waals surface area contributed by atoms with Crippen molar-refractivity contribution in [3.05, 3.63) is 32.5 Å². The molecule has 3 fully saturated rings. The van der Waals surface area contributed by atoms with Crippen LogP contribution in [0.1, 0.15) is 127 Å². The molecule has 368 valence electrons. The Hall–Kier alpha value is -0.713. The first-order valence-corrected chi connectivity index (χ1v) is 28.8. The molecule has 0 aliphatic carbocycles. The van der Waals surface area contributed by atoms with E-state index in [4.69, 9.17) is 37.1 Å². The minimum absolute atomic E-state index is 0.0232. The number of carbonyl (C=O) groups excluding carboxylic acids is 3. The summed E-state index contributed by atoms with van der Waals surface area (Å²) in [6.07, 6.45) is 11.5. The average Bonchev–Trinajstić information content (AvgIpc) is 3.50. The molecule has 3 aliphatic heterocycles. The van der Waals surface area contributed by atoms with Gasteiger partial charge in [0.25, 0.3) is 10.1 Å². The van der Waals surface area contributed by atoms with E-state index < -0.39 is 36.6 Å². The molecular formula is C45H77F3I2O11SSi. The van der Waals surface area contributed by atoms with Crippen molar-refractivity contribution in [1.82, 2.24) is 0 Å². The number of halogens is 5. The fourth-order valence-corrected chi connectivity index (χ4v) is 9.73. The smallest absolute Gasteiger partial charge is 0.379 e. The zero-order valence-corrected chi connectivity index (χ0v) is 46.0. The molecule has 3 aliphatic rings. The third-order valence-corrected chi connectivity index (χ3v) is 18.6. The van der Waals surface area contributed by atoms with Crippen LogP contribution >= 0.6 is 45.2 Å². The van der Waals surface area contributed by atoms with Crippen LogP contribution in [-0.2, 0) is 52.1 Å². The Morgan fingerprint density at radius 2 is 1.59 bits per heavy atom. The Labute approximate surface area is 405 Å². The zero-order chi connectivity index (χ0) is 49.1. The highest BCUT2D eigenvalue weighted by molar-refractivity contribution is 14.1. The molecule has 0 spiro atoms. The van der Waals surface area contributed by atoms with E-state index in [0.717, 1.165) is 53.9 Å². The number of hydrogen-bond donors (Lipinski definition) is 0. The van der Waals surface area contributed by atoms with Gasteiger partial charge in [-0.25, -0.2) is 0 Å². The molecule has 11 atom stereocenters. The molecule has 3 heterocycles. The summed E-state index contributed by atoms with van der Waals surface area (Å²) in [5.41, 5.74) is 0.533. The normalized spacial score (nSPS) is 26.7. The fourth-order valence-electron chi connectivity index (χ4n) is 7.15. The van der Waals surface area contributed by atoms with Crippen LogP contribution in [0.4, 0.5) is 13.2 Å². The van der Waals surface area contributed by atoms with Crippen LogP contribution in [0.2, 0.25) is 18.1 Å². The van der Waals surface area contributed by atoms with Gasteiger partial charge in [0.15, 0.2) is 8.32 Å². The van der Waals surface area contributed by atoms with E-state index in [-0.39, 0.29) is 59.7 Å². The Kier molecular flexibility index (Phi) is 28.9. The van der Waals surface area contributed by atoms with Gasteiger partial charge in [-0.3, -0.25) is 8.98 Å². The van der Waals surface area contributed by atoms with Gasteiger partial charge in [-0.1, -0.05) is 84.2 Å². The minimum Gasteiger partial charge on any atom is -0.465 e. The summed E-state index contributed by atoms with van der Waals surface area (Å²) < 4.78 is 91.9. The van der Waals surface area contributed by atoms with Crippen molar-refractivity contribution in [3.8, 4) is 0 Å². The second-order valence-electron chi connectivity index (χ2n) is 19.3. The lowest BCUT2D eigenvalue weighted by atomic mass is 9.77. The van der Waals surface area contributed by atoms with Gasteiger partial charge in [0, 0.05) is 0 Å². The molecule has 11 nitrogen and oxygen atoms in total. The number of carbonyl (C=O) groups is 1. The summed E-state index contributed by atoms with van der Waals surface area (Å²) in [6, 6.07) is 0. The van der Waals surface area contributed by atoms with Crippen molar-refractivity contribution in [3.63, 3.8) is 0 Å². The number of hydrogen-bond acceptors (Lipinski definition) is 11. The van der Waals surface area contributed by atoms with E-state index in [9.17, 15) is 26.4 Å². The van der Waals surface area contributed by atoms with Crippen molar-refractivity contribution >= 4 is 75.7 Å². The van der Waals surface area contributed by atoms with Crippen molar-refractivity contribution in [2.24, 2.45) is 23.2 Å². The number of rotatable bonds is 17. The van der Waals surface area contributed by atoms with E-state index in [1.807, 2.05) is 27.7 Å². The molecule has 63 heavy (non-hydrogen) atoms. The van der Waals surface area contributed by atoms with Crippen molar-refractivity contribution in [2.45, 2.75) is 201 Å². The second kappa shape index (κ2) is 29.2. The van der Waals surface area contributed by atoms with Crippen LogP contribution in [-0.4, -0.2) is 97.2 Å². The summed E-state index contributed by atoms with van der Waals surface area (Å²) in [5, 5.41) is 0.193. The van der Waals surface area contributed by atoms with Gasteiger partial charge in [0.1, 0.15) is 0 Å². The standard InChI is InChI=1S/C22H37IO6S.C21H39IO3Si.CHF3.CO2/c1-15(17(3)23)13-19(29-30(7,25)26)10-11-20-16(2)14-18(28-20)9-8-12-27-21(24)22(4,5)6;1-9-16-10-11-17-19(23-16)14(2)15(3)20(24-17)18(12-13-22)25-26(7,8)21(4,5)6;2-1(3)4;2-1-3/h15,18-20H,2-3,8-14H2,1,4-7H3;12-20H,9-11H2,1-8H3;1H;/b;13-12+;;/t15-,18+,19-,20+;14-,15+,16+,17+,18+,19-,20-;;/m11../s1. The van der Waals surface area contributed by atoms with Crippen LogP contribution in [0.5, 0.6) is 0 Å². The molecular weight excluding hydrogens is 1090 g/mol. The highest BCUT2D eigenvalue weighted by Crippen LogP contribution is 2.43. The maximum absolute atomic E-state index is 11.8. The Bertz CT molecular complexity index is 1560. The van der Waals surface area contributed by atoms with Gasteiger partial charge in [-0.15, -0.1) is 0 Å². The van der Waals surface area contributed by atoms with Gasteiger partial charge in [-0.05, 0) is 156 Å². The molecule has 0 radical (unpaired) electrons. The molecule has 18 heteroatoms. The molecule has 3 saturated heterocycles. The fraction of sp³-hybridized carbons (Fsp3) is 0.822. The maximum atomic E-state index is 11.8. The number of ether oxygens (including phenoxy) is 4. The van der Waals surface area contributed by atoms with Gasteiger partial charge < -0.3 is 23.4 Å². The van der Waals surface area contributed by atoms with Crippen LogP contribution in [0.25, 0.3) is 0 Å². The first-order chi connectivity index (χ1) is 28.8. The number of fused-ring (bicyclic) bond motifs is 1. The lowest BCUT2D eigenvalue weighted by Crippen LogP contribution is -2.58. The molecule has 0 N–H and O–H groups in total. The lowest BCUT2D eigenvalue weighted by Gasteiger charge is -2.51. The lowest BCUT2D eigenvalue weighted by molar-refractivity contribution is -0.237. The zero-order valence-electron chi connectivity index (χ0n) is 39.9. The molecule has 0 bridgehead atoms. The number of allylic oxidation sites excluding steroid dienone is 1. The van der Waals surface area contributed by atoms with Crippen LogP contribution < -0.4 is 0 Å². The van der Waals surface area contributed by atoms with E-state index in [1.165, 1.54) is 0 Å². The largest absolute Gasteiger partial charge is 0.465 e. The summed E-state index contributed by atoms with van der Waals surface area (Å²) in [6.45, 7) is 30.7. The molecule has 0 saturated carbocycles. The van der Waals surface area contributed by atoms with Gasteiger partial charge in [0.2, 0.25) is 0 Å². The molecule has 3 rings (SSSR count). The quantitative estimate of drug-likeness (QED) is 0.0343. The minimum atomic E-state index is -3.67. The Morgan fingerprint density at radius 1 is 1.02 bits per heavy atom. The molecule has 0 aromatic heterocycles. The van der Waals surface area contributed by atoms with Crippen LogP contribution in [0, 0.1) is 23.2 Å². The van der Waals surface area contributed by atoms with Crippen molar-refractivity contribution in [1.29, 1.82) is 0 Å². The summed E-state index contributed by atoms with van der Waals surface area (Å²) in [7, 11) is -5.40. The van der Waals surface area contributed by atoms with Gasteiger partial charge in [-0.2, -0.15) is 31.2 Å². The molecule has 0 aromatic carbocycles. The van der Waals surface area contributed by atoms with E-state index >= 15 is 0 Å². The van der Waals surface area contributed by atoms with Crippen LogP contribution in [0.3, 0.4) is 0 Å². The highest BCUT2D eigenvalue weighted by atomic mass is 127. The predicted octanol–water partition coefficient (Wildman–Crippen LogP) is 12.1. The van der Waals surface area contributed by atoms with Crippen molar-refractivity contribution < 1.29 is 63.5 Å². The SMILES string of the molecule is C=C(I)[C@H](C)C[C@@H](CC[C@@H]1O[C@@H](CCCOC(=O)C(C)(C)C)CC1=C)OS(C)(=O)=O.CC[C@H]1CC[C@@H]2O[C@@H]([C@H](/C=C/I)O[Si](C)(C)C(C)(C)C)[C@@H](C)[C@@H](C)[C@H]2O1.FC(F)F.O=C=O. The molecule has 0 aromatic rings. The molecule has 0 unspecified atom stereocenters. The first-order valence-electron chi connectivity index (χ1n) is 21.7. The summed E-state index contributed by atoms with van der Waals surface area (Å²) >= 11 is 4.47. The monoisotopic (exact) mass is 1160 g/mol. The van der Waals surface area contributed by atoms with Crippen molar-refractivity contribution in [2.75, 3.05) is 12.9 Å². The maximum Gasteiger partial charge on any atom is 0.379 e. The average molecular weight is 1170 g/mol. The first kappa shape index (κ1) is 62.3. The number of esters is 1. The van der Waals surface area contributed by atoms with E-state index in [1.54, 1.807) is 0 Å². The van der Waals surface area contributed by atoms with Gasteiger partial charge >= 0.3 is 18.8 Å². The predicted molar refractivity (Wildman–Crippen MR) is 260 cm³/mol. The highest BCUT2D eigenvalue weighted by Gasteiger charge is 2.49. The topological polar surface area (TPSA) is 141 Å². The van der Waals surface area contributed by atoms with Gasteiger partial charge in [0.05, 0.1) is 67.1 Å². The Balaban J connectivity index is 0.00000107. The van der Waals surface area contributed by atoms with E-state index in [0.29, 0.717) is 43.8 Å². The Morgan fingerprint density at radius 3 is 2.06 bits per heavy atom. The van der Waals surface area contributed by atoms with E-state index in [2.05, 4.69) is 123 Å². The second-order valence-corrected chi connectivity index (χ2v) is 27.7.